The van der Waals surface area contributed by atoms with Crippen LogP contribution in [0.1, 0.15) is 31.7 Å². The summed E-state index contributed by atoms with van der Waals surface area (Å²) in [6, 6.07) is 6.94. The Hall–Kier alpha value is -0.800. The molecule has 0 aromatic heterocycles. The highest BCUT2D eigenvalue weighted by Crippen LogP contribution is 2.20. The first-order chi connectivity index (χ1) is 6.45. The van der Waals surface area contributed by atoms with E-state index in [1.54, 1.807) is 12.1 Å². The molecular weight excluding hydrogens is 196 g/mol. The number of hydrogen-bond donors (Lipinski definition) is 0. The topological polar surface area (TPSA) is 40.1 Å². The predicted octanol–water partition coefficient (Wildman–Crippen LogP) is 2.41. The van der Waals surface area contributed by atoms with E-state index < -0.39 is 9.80 Å². The molecule has 78 valence electrons. The van der Waals surface area contributed by atoms with Crippen LogP contribution in [0.2, 0.25) is 0 Å². The van der Waals surface area contributed by atoms with Crippen molar-refractivity contribution in [2.24, 2.45) is 0 Å². The minimum absolute atomic E-state index is 0.282. The Morgan fingerprint density at radius 1 is 1.43 bits per heavy atom. The van der Waals surface area contributed by atoms with Gasteiger partial charge in [0.25, 0.3) is 0 Å². The van der Waals surface area contributed by atoms with Crippen LogP contribution in [0.3, 0.4) is 0 Å². The van der Waals surface area contributed by atoms with Gasteiger partial charge in [-0.25, -0.2) is 0 Å². The fourth-order valence-electron chi connectivity index (χ4n) is 1.24. The van der Waals surface area contributed by atoms with E-state index in [-0.39, 0.29) is 4.90 Å². The maximum Gasteiger partial charge on any atom is 0.0175 e. The zero-order chi connectivity index (χ0) is 10.8. The number of benzene rings is 1. The molecule has 0 N–H and O–H groups in total. The van der Waals surface area contributed by atoms with Crippen molar-refractivity contribution in [3.63, 3.8) is 0 Å². The first-order valence-corrected chi connectivity index (χ1v) is 6.28. The summed E-state index contributed by atoms with van der Waals surface area (Å²) in [5, 5.41) is 0. The summed E-state index contributed by atoms with van der Waals surface area (Å²) >= 11 is 0. The van der Waals surface area contributed by atoms with Crippen molar-refractivity contribution in [2.75, 3.05) is 0 Å². The van der Waals surface area contributed by atoms with E-state index in [0.717, 1.165) is 6.42 Å². The lowest BCUT2D eigenvalue weighted by molar-refractivity contribution is 0.533. The first kappa shape index (κ1) is 11.3. The molecule has 0 aliphatic heterocycles. The Labute approximate surface area is 85.8 Å². The molecule has 0 amide bonds. The Morgan fingerprint density at radius 3 is 2.29 bits per heavy atom. The SMILES string of the molecule is C=S(=O)([O-])c1ccc(C(C)CC)cc1. The molecule has 2 nitrogen and oxygen atoms in total. The number of rotatable bonds is 3. The second-order valence-corrected chi connectivity index (χ2v) is 5.19. The van der Waals surface area contributed by atoms with Crippen LogP contribution in [0.15, 0.2) is 29.2 Å². The van der Waals surface area contributed by atoms with Gasteiger partial charge in [-0.2, -0.15) is 0 Å². The van der Waals surface area contributed by atoms with Gasteiger partial charge in [-0.3, -0.25) is 4.21 Å². The smallest absolute Gasteiger partial charge is 0.0175 e. The summed E-state index contributed by atoms with van der Waals surface area (Å²) in [5.74, 6) is 3.58. The van der Waals surface area contributed by atoms with Crippen LogP contribution in [-0.2, 0) is 9.80 Å². The molecule has 0 aliphatic carbocycles. The van der Waals surface area contributed by atoms with E-state index in [9.17, 15) is 8.76 Å². The lowest BCUT2D eigenvalue weighted by Gasteiger charge is -2.15. The highest BCUT2D eigenvalue weighted by atomic mass is 32.2. The molecule has 1 aromatic carbocycles. The molecule has 0 radical (unpaired) electrons. The molecule has 0 aliphatic rings. The van der Waals surface area contributed by atoms with Gasteiger partial charge < -0.3 is 4.55 Å². The lowest BCUT2D eigenvalue weighted by atomic mass is 9.99. The summed E-state index contributed by atoms with van der Waals surface area (Å²) in [6.07, 6.45) is 1.05. The van der Waals surface area contributed by atoms with Gasteiger partial charge in [-0.05, 0) is 30.0 Å². The fraction of sp³-hybridized carbons (Fsp3) is 0.364. The Kier molecular flexibility index (Phi) is 3.34. The maximum absolute atomic E-state index is 11.1. The van der Waals surface area contributed by atoms with Crippen LogP contribution >= 0.6 is 0 Å². The van der Waals surface area contributed by atoms with Gasteiger partial charge in [-0.15, -0.1) is 0 Å². The summed E-state index contributed by atoms with van der Waals surface area (Å²) in [5.41, 5.74) is 1.17. The fourth-order valence-corrected chi connectivity index (χ4v) is 1.79. The molecule has 0 saturated heterocycles. The average Bonchev–Trinajstić information content (AvgIpc) is 2.15. The van der Waals surface area contributed by atoms with E-state index in [1.165, 1.54) is 5.56 Å². The van der Waals surface area contributed by atoms with E-state index in [0.29, 0.717) is 5.92 Å². The monoisotopic (exact) mass is 211 g/mol. The van der Waals surface area contributed by atoms with Gasteiger partial charge in [0.1, 0.15) is 0 Å². The average molecular weight is 211 g/mol. The maximum atomic E-state index is 11.1. The third-order valence-corrected chi connectivity index (χ3v) is 3.41. The summed E-state index contributed by atoms with van der Waals surface area (Å²) < 4.78 is 22.1. The normalized spacial score (nSPS) is 17.4. The lowest BCUT2D eigenvalue weighted by Crippen LogP contribution is -1.99. The van der Waals surface area contributed by atoms with E-state index in [2.05, 4.69) is 19.7 Å². The van der Waals surface area contributed by atoms with Gasteiger partial charge in [-0.1, -0.05) is 41.7 Å². The zero-order valence-corrected chi connectivity index (χ0v) is 9.34. The molecular formula is C11H15O2S-. The summed E-state index contributed by atoms with van der Waals surface area (Å²) in [6.45, 7) is 4.23. The van der Waals surface area contributed by atoms with Crippen molar-refractivity contribution >= 4 is 15.7 Å². The van der Waals surface area contributed by atoms with Crippen molar-refractivity contribution in [2.45, 2.75) is 31.1 Å². The standard InChI is InChI=1S/C11H16O2S/c1-4-9(2)10-5-7-11(8-6-10)14(3,12)13/h5-9H,3-4H2,1-2H3,(H,12,13)/p-1. The molecule has 3 heteroatoms. The second-order valence-electron chi connectivity index (χ2n) is 3.49. The predicted molar refractivity (Wildman–Crippen MR) is 59.5 cm³/mol. The van der Waals surface area contributed by atoms with Crippen LogP contribution in [-0.4, -0.2) is 14.6 Å². The van der Waals surface area contributed by atoms with E-state index >= 15 is 0 Å². The van der Waals surface area contributed by atoms with Crippen LogP contribution in [0.5, 0.6) is 0 Å². The Balaban J connectivity index is 3.01. The van der Waals surface area contributed by atoms with Crippen LogP contribution in [0.4, 0.5) is 0 Å². The van der Waals surface area contributed by atoms with Crippen molar-refractivity contribution < 1.29 is 8.76 Å². The molecule has 0 spiro atoms. The van der Waals surface area contributed by atoms with Gasteiger partial charge in [0.15, 0.2) is 0 Å². The minimum Gasteiger partial charge on any atom is -0.774 e. The molecule has 0 saturated carbocycles. The van der Waals surface area contributed by atoms with Gasteiger partial charge in [0.2, 0.25) is 0 Å². The van der Waals surface area contributed by atoms with Crippen LogP contribution in [0.25, 0.3) is 0 Å². The minimum atomic E-state index is -3.30. The first-order valence-electron chi connectivity index (χ1n) is 4.63. The Bertz CT molecular complexity index is 390. The van der Waals surface area contributed by atoms with Gasteiger partial charge in [0, 0.05) is 4.90 Å². The van der Waals surface area contributed by atoms with Crippen molar-refractivity contribution in [1.29, 1.82) is 0 Å². The molecule has 1 rings (SSSR count). The van der Waals surface area contributed by atoms with Crippen molar-refractivity contribution in [3.8, 4) is 0 Å². The summed E-state index contributed by atoms with van der Waals surface area (Å²) in [4.78, 5) is 0.282. The van der Waals surface area contributed by atoms with Crippen molar-refractivity contribution in [3.05, 3.63) is 29.8 Å². The summed E-state index contributed by atoms with van der Waals surface area (Å²) in [7, 11) is -3.30. The van der Waals surface area contributed by atoms with Gasteiger partial charge in [0.05, 0.1) is 0 Å². The highest BCUT2D eigenvalue weighted by molar-refractivity contribution is 7.95. The largest absolute Gasteiger partial charge is 0.774 e. The molecule has 1 aromatic rings. The molecule has 14 heavy (non-hydrogen) atoms. The molecule has 0 fully saturated rings. The second kappa shape index (κ2) is 4.15. The third-order valence-electron chi connectivity index (χ3n) is 2.42. The van der Waals surface area contributed by atoms with Gasteiger partial charge >= 0.3 is 0 Å². The highest BCUT2D eigenvalue weighted by Gasteiger charge is 2.02. The molecule has 2 atom stereocenters. The molecule has 0 bridgehead atoms. The van der Waals surface area contributed by atoms with Crippen molar-refractivity contribution in [1.82, 2.24) is 0 Å². The molecule has 0 heterocycles. The zero-order valence-electron chi connectivity index (χ0n) is 8.53. The third kappa shape index (κ3) is 2.59. The Morgan fingerprint density at radius 2 is 1.93 bits per heavy atom. The molecule has 2 unspecified atom stereocenters. The quantitative estimate of drug-likeness (QED) is 0.720. The van der Waals surface area contributed by atoms with E-state index in [4.69, 9.17) is 0 Å². The van der Waals surface area contributed by atoms with Crippen LogP contribution < -0.4 is 0 Å². The van der Waals surface area contributed by atoms with E-state index in [1.807, 2.05) is 12.1 Å². The number of hydrogen-bond acceptors (Lipinski definition) is 2. The van der Waals surface area contributed by atoms with Crippen LogP contribution in [0, 0.1) is 0 Å².